The Morgan fingerprint density at radius 1 is 1.27 bits per heavy atom. The third-order valence-electron chi connectivity index (χ3n) is 1.45. The molecule has 0 atom stereocenters. The maximum absolute atomic E-state index is 4.03. The third-order valence-corrected chi connectivity index (χ3v) is 1.45. The van der Waals surface area contributed by atoms with Crippen molar-refractivity contribution in [3.05, 3.63) is 12.5 Å². The summed E-state index contributed by atoms with van der Waals surface area (Å²) in [7, 11) is 0. The fourth-order valence-corrected chi connectivity index (χ4v) is 0.978. The summed E-state index contributed by atoms with van der Waals surface area (Å²) >= 11 is 0. The summed E-state index contributed by atoms with van der Waals surface area (Å²) in [6.45, 7) is 1.88. The minimum absolute atomic E-state index is 0. The number of anilines is 2. The monoisotopic (exact) mass is 172 g/mol. The molecular weight excluding hydrogens is 164 g/mol. The molecule has 2 heterocycles. The Bertz CT molecular complexity index is 215. The van der Waals surface area contributed by atoms with Crippen LogP contribution in [-0.2, 0) is 0 Å². The van der Waals surface area contributed by atoms with Gasteiger partial charge in [-0.3, -0.25) is 0 Å². The van der Waals surface area contributed by atoms with Gasteiger partial charge >= 0.3 is 0 Å². The lowest BCUT2D eigenvalue weighted by atomic mass is 10.4. The molecule has 0 bridgehead atoms. The van der Waals surface area contributed by atoms with Crippen LogP contribution >= 0.6 is 12.4 Å². The van der Waals surface area contributed by atoms with Gasteiger partial charge in [-0.15, -0.1) is 12.4 Å². The van der Waals surface area contributed by atoms with E-state index >= 15 is 0 Å². The van der Waals surface area contributed by atoms with Gasteiger partial charge in [-0.05, 0) is 0 Å². The molecule has 0 radical (unpaired) electrons. The van der Waals surface area contributed by atoms with E-state index in [2.05, 4.69) is 20.6 Å². The molecule has 0 unspecified atom stereocenters. The quantitative estimate of drug-likeness (QED) is 0.606. The largest absolute Gasteiger partial charge is 0.379 e. The van der Waals surface area contributed by atoms with Crippen molar-refractivity contribution in [1.82, 2.24) is 9.97 Å². The summed E-state index contributed by atoms with van der Waals surface area (Å²) in [5.41, 5.74) is 0.994. The molecule has 1 aromatic rings. The highest BCUT2D eigenvalue weighted by molar-refractivity contribution is 5.85. The van der Waals surface area contributed by atoms with Crippen LogP contribution in [0.25, 0.3) is 0 Å². The van der Waals surface area contributed by atoms with Crippen LogP contribution in [0.3, 0.4) is 0 Å². The van der Waals surface area contributed by atoms with E-state index in [1.54, 1.807) is 12.5 Å². The second kappa shape index (κ2) is 3.39. The Hall–Kier alpha value is -1.03. The van der Waals surface area contributed by atoms with Crippen LogP contribution in [-0.4, -0.2) is 23.1 Å². The lowest BCUT2D eigenvalue weighted by molar-refractivity contribution is 0.999. The van der Waals surface area contributed by atoms with E-state index in [4.69, 9.17) is 0 Å². The van der Waals surface area contributed by atoms with E-state index in [-0.39, 0.29) is 12.4 Å². The second-order valence-corrected chi connectivity index (χ2v) is 2.14. The maximum atomic E-state index is 4.03. The minimum atomic E-state index is 0. The van der Waals surface area contributed by atoms with Crippen molar-refractivity contribution < 1.29 is 0 Å². The van der Waals surface area contributed by atoms with Crippen LogP contribution in [0.2, 0.25) is 0 Å². The number of aromatic nitrogens is 2. The summed E-state index contributed by atoms with van der Waals surface area (Å²) < 4.78 is 0. The molecule has 0 saturated heterocycles. The number of nitrogens with one attached hydrogen (secondary N) is 2. The van der Waals surface area contributed by atoms with Gasteiger partial charge in [-0.25, -0.2) is 9.97 Å². The Morgan fingerprint density at radius 2 is 2.09 bits per heavy atom. The van der Waals surface area contributed by atoms with E-state index in [1.165, 1.54) is 0 Å². The summed E-state index contributed by atoms with van der Waals surface area (Å²) in [6, 6.07) is 0. The van der Waals surface area contributed by atoms with Gasteiger partial charge < -0.3 is 10.6 Å². The first-order valence-electron chi connectivity index (χ1n) is 3.24. The minimum Gasteiger partial charge on any atom is -0.379 e. The maximum Gasteiger partial charge on any atom is 0.152 e. The molecule has 1 aromatic heterocycles. The van der Waals surface area contributed by atoms with Gasteiger partial charge in [0.05, 0.1) is 11.9 Å². The highest BCUT2D eigenvalue weighted by Gasteiger charge is 2.06. The van der Waals surface area contributed by atoms with Crippen LogP contribution in [0.4, 0.5) is 11.5 Å². The van der Waals surface area contributed by atoms with Crippen LogP contribution < -0.4 is 10.6 Å². The van der Waals surface area contributed by atoms with E-state index in [9.17, 15) is 0 Å². The predicted molar refractivity (Wildman–Crippen MR) is 46.3 cm³/mol. The fourth-order valence-electron chi connectivity index (χ4n) is 0.978. The van der Waals surface area contributed by atoms with Gasteiger partial charge in [0.2, 0.25) is 0 Å². The molecule has 1 aliphatic rings. The molecule has 11 heavy (non-hydrogen) atoms. The number of fused-ring (bicyclic) bond motifs is 1. The molecule has 0 aromatic carbocycles. The highest BCUT2D eigenvalue weighted by Crippen LogP contribution is 2.17. The SMILES string of the molecule is Cl.c1ncc2c(n1)NCCN2. The molecule has 2 rings (SSSR count). The number of halogens is 1. The van der Waals surface area contributed by atoms with E-state index in [0.29, 0.717) is 0 Å². The normalized spacial score (nSPS) is 13.5. The van der Waals surface area contributed by atoms with E-state index in [0.717, 1.165) is 24.6 Å². The standard InChI is InChI=1S/C6H8N4.ClH/c1-2-9-6-5(8-1)3-7-4-10-6;/h3-4,8H,1-2H2,(H,7,9,10);1H. The molecule has 0 fully saturated rings. The van der Waals surface area contributed by atoms with Crippen LogP contribution in [0.1, 0.15) is 0 Å². The van der Waals surface area contributed by atoms with Gasteiger partial charge in [-0.2, -0.15) is 0 Å². The average molecular weight is 173 g/mol. The lowest BCUT2D eigenvalue weighted by Crippen LogP contribution is -2.21. The zero-order valence-electron chi connectivity index (χ0n) is 5.87. The molecule has 5 heteroatoms. The van der Waals surface area contributed by atoms with Crippen molar-refractivity contribution in [3.63, 3.8) is 0 Å². The molecule has 2 N–H and O–H groups in total. The Labute approximate surface area is 70.8 Å². The topological polar surface area (TPSA) is 49.8 Å². The Morgan fingerprint density at radius 3 is 2.91 bits per heavy atom. The molecule has 0 saturated carbocycles. The zero-order chi connectivity index (χ0) is 6.81. The summed E-state index contributed by atoms with van der Waals surface area (Å²) in [5, 5.41) is 6.32. The van der Waals surface area contributed by atoms with Crippen molar-refractivity contribution in [2.45, 2.75) is 0 Å². The number of nitrogens with zero attached hydrogens (tertiary/aromatic N) is 2. The molecule has 0 amide bonds. The van der Waals surface area contributed by atoms with Gasteiger partial charge in [0.15, 0.2) is 5.82 Å². The second-order valence-electron chi connectivity index (χ2n) is 2.14. The number of hydrogen-bond donors (Lipinski definition) is 2. The summed E-state index contributed by atoms with van der Waals surface area (Å²) in [4.78, 5) is 7.92. The Kier molecular flexibility index (Phi) is 2.48. The number of hydrogen-bond acceptors (Lipinski definition) is 4. The van der Waals surface area contributed by atoms with Crippen LogP contribution in [0.15, 0.2) is 12.5 Å². The first-order chi connectivity index (χ1) is 4.97. The smallest absolute Gasteiger partial charge is 0.152 e. The van der Waals surface area contributed by atoms with E-state index in [1.807, 2.05) is 0 Å². The molecule has 60 valence electrons. The molecule has 0 spiro atoms. The van der Waals surface area contributed by atoms with Gasteiger partial charge in [0.1, 0.15) is 6.33 Å². The summed E-state index contributed by atoms with van der Waals surface area (Å²) in [6.07, 6.45) is 3.31. The molecule has 1 aliphatic heterocycles. The summed E-state index contributed by atoms with van der Waals surface area (Å²) in [5.74, 6) is 0.904. The first-order valence-corrected chi connectivity index (χ1v) is 3.24. The fraction of sp³-hybridized carbons (Fsp3) is 0.333. The average Bonchev–Trinajstić information content (AvgIpc) is 2.05. The van der Waals surface area contributed by atoms with Crippen molar-refractivity contribution in [2.75, 3.05) is 23.7 Å². The third kappa shape index (κ3) is 1.51. The van der Waals surface area contributed by atoms with E-state index < -0.39 is 0 Å². The van der Waals surface area contributed by atoms with Crippen LogP contribution in [0.5, 0.6) is 0 Å². The lowest BCUT2D eigenvalue weighted by Gasteiger charge is -2.16. The van der Waals surface area contributed by atoms with Gasteiger partial charge in [0.25, 0.3) is 0 Å². The van der Waals surface area contributed by atoms with Crippen molar-refractivity contribution in [2.24, 2.45) is 0 Å². The highest BCUT2D eigenvalue weighted by atomic mass is 35.5. The molecule has 4 nitrogen and oxygen atoms in total. The van der Waals surface area contributed by atoms with Gasteiger partial charge in [0, 0.05) is 13.1 Å². The van der Waals surface area contributed by atoms with Crippen molar-refractivity contribution in [1.29, 1.82) is 0 Å². The van der Waals surface area contributed by atoms with Gasteiger partial charge in [-0.1, -0.05) is 0 Å². The van der Waals surface area contributed by atoms with Crippen molar-refractivity contribution >= 4 is 23.9 Å². The molecular formula is C6H9ClN4. The predicted octanol–water partition coefficient (Wildman–Crippen LogP) is 0.736. The number of rotatable bonds is 0. The van der Waals surface area contributed by atoms with Crippen LogP contribution in [0, 0.1) is 0 Å². The zero-order valence-corrected chi connectivity index (χ0v) is 6.69. The van der Waals surface area contributed by atoms with Crippen molar-refractivity contribution in [3.8, 4) is 0 Å². The molecule has 0 aliphatic carbocycles. The Balaban J connectivity index is 0.000000605. The first kappa shape index (κ1) is 8.07.